The van der Waals surface area contributed by atoms with E-state index in [-0.39, 0.29) is 42.6 Å². The van der Waals surface area contributed by atoms with E-state index in [4.69, 9.17) is 4.74 Å². The highest BCUT2D eigenvalue weighted by molar-refractivity contribution is 14.0. The monoisotopic (exact) mass is 520 g/mol. The van der Waals surface area contributed by atoms with Crippen LogP contribution in [0.2, 0.25) is 0 Å². The number of esters is 1. The number of hydrogen-bond acceptors (Lipinski definition) is 5. The number of halogens is 4. The first kappa shape index (κ1) is 23.9. The molecule has 0 atom stereocenters. The van der Waals surface area contributed by atoms with Gasteiger partial charge in [-0.3, -0.25) is 9.79 Å². The average Bonchev–Trinajstić information content (AvgIpc) is 3.25. The first-order chi connectivity index (χ1) is 12.4. The van der Waals surface area contributed by atoms with Crippen molar-refractivity contribution in [1.29, 1.82) is 0 Å². The Bertz CT molecular complexity index is 619. The first-order valence-electron chi connectivity index (χ1n) is 8.54. The summed E-state index contributed by atoms with van der Waals surface area (Å²) < 4.78 is 42.9. The van der Waals surface area contributed by atoms with Crippen molar-refractivity contribution in [2.45, 2.75) is 57.3 Å². The van der Waals surface area contributed by atoms with Gasteiger partial charge in [-0.2, -0.15) is 13.2 Å². The SMILES string of the molecule is CN=C(NCCCC(=O)OC1CCCC1)NCc1nc(C(F)(F)F)cs1.I. The topological polar surface area (TPSA) is 75.6 Å². The van der Waals surface area contributed by atoms with E-state index < -0.39 is 11.9 Å². The van der Waals surface area contributed by atoms with Crippen LogP contribution in [0, 0.1) is 0 Å². The molecule has 1 aliphatic carbocycles. The molecule has 1 aromatic heterocycles. The second-order valence-electron chi connectivity index (χ2n) is 5.98. The highest BCUT2D eigenvalue weighted by Crippen LogP contribution is 2.29. The van der Waals surface area contributed by atoms with Gasteiger partial charge in [0.25, 0.3) is 0 Å². The number of carbonyl (C=O) groups is 1. The second-order valence-corrected chi connectivity index (χ2v) is 6.92. The Labute approximate surface area is 177 Å². The lowest BCUT2D eigenvalue weighted by Gasteiger charge is -2.12. The van der Waals surface area contributed by atoms with Crippen LogP contribution < -0.4 is 10.6 Å². The zero-order valence-electron chi connectivity index (χ0n) is 15.0. The smallest absolute Gasteiger partial charge is 0.434 e. The second kappa shape index (κ2) is 11.7. The summed E-state index contributed by atoms with van der Waals surface area (Å²) in [5.74, 6) is 0.252. The lowest BCUT2D eigenvalue weighted by atomic mass is 10.3. The molecule has 0 aromatic carbocycles. The van der Waals surface area contributed by atoms with Crippen LogP contribution >= 0.6 is 35.3 Å². The van der Waals surface area contributed by atoms with Gasteiger partial charge in [0.1, 0.15) is 11.1 Å². The minimum atomic E-state index is -4.43. The van der Waals surface area contributed by atoms with Gasteiger partial charge in [0.15, 0.2) is 11.7 Å². The number of nitrogens with one attached hydrogen (secondary N) is 2. The number of carbonyl (C=O) groups excluding carboxylic acids is 1. The van der Waals surface area contributed by atoms with Crippen LogP contribution in [0.15, 0.2) is 10.4 Å². The summed E-state index contributed by atoms with van der Waals surface area (Å²) in [6.45, 7) is 0.648. The van der Waals surface area contributed by atoms with Crippen molar-refractivity contribution < 1.29 is 22.7 Å². The zero-order valence-corrected chi connectivity index (χ0v) is 18.1. The molecule has 2 N–H and O–H groups in total. The van der Waals surface area contributed by atoms with E-state index in [2.05, 4.69) is 20.6 Å². The summed E-state index contributed by atoms with van der Waals surface area (Å²) in [5, 5.41) is 7.22. The van der Waals surface area contributed by atoms with Crippen LogP contribution in [0.4, 0.5) is 13.2 Å². The molecule has 1 aliphatic rings. The van der Waals surface area contributed by atoms with Gasteiger partial charge in [-0.05, 0) is 32.1 Å². The zero-order chi connectivity index (χ0) is 19.0. The minimum absolute atomic E-state index is 0. The number of alkyl halides is 3. The van der Waals surface area contributed by atoms with Crippen LogP contribution in [0.3, 0.4) is 0 Å². The number of guanidine groups is 1. The summed E-state index contributed by atoms with van der Waals surface area (Å²) in [5.41, 5.74) is -0.886. The Morgan fingerprint density at radius 3 is 2.67 bits per heavy atom. The maximum Gasteiger partial charge on any atom is 0.434 e. The predicted molar refractivity (Wildman–Crippen MR) is 108 cm³/mol. The van der Waals surface area contributed by atoms with Gasteiger partial charge >= 0.3 is 12.1 Å². The van der Waals surface area contributed by atoms with E-state index in [1.165, 1.54) is 0 Å². The fourth-order valence-corrected chi connectivity index (χ4v) is 3.33. The molecule has 2 rings (SSSR count). The van der Waals surface area contributed by atoms with Crippen molar-refractivity contribution in [3.63, 3.8) is 0 Å². The quantitative estimate of drug-likeness (QED) is 0.189. The number of aromatic nitrogens is 1. The molecule has 154 valence electrons. The molecule has 11 heteroatoms. The molecule has 0 aliphatic heterocycles. The van der Waals surface area contributed by atoms with Gasteiger partial charge in [0.05, 0.1) is 6.54 Å². The first-order valence-corrected chi connectivity index (χ1v) is 9.42. The molecule has 0 bridgehead atoms. The van der Waals surface area contributed by atoms with E-state index in [0.717, 1.165) is 42.4 Å². The molecule has 6 nitrogen and oxygen atoms in total. The highest BCUT2D eigenvalue weighted by atomic mass is 127. The predicted octanol–water partition coefficient (Wildman–Crippen LogP) is 3.71. The summed E-state index contributed by atoms with van der Waals surface area (Å²) in [4.78, 5) is 19.2. The Morgan fingerprint density at radius 1 is 1.37 bits per heavy atom. The van der Waals surface area contributed by atoms with E-state index in [1.807, 2.05) is 0 Å². The fourth-order valence-electron chi connectivity index (χ4n) is 2.59. The normalized spacial score (nSPS) is 15.3. The molecule has 1 fully saturated rings. The summed E-state index contributed by atoms with van der Waals surface area (Å²) >= 11 is 0.939. The van der Waals surface area contributed by atoms with Crippen LogP contribution in [0.1, 0.15) is 49.2 Å². The Balaban J connectivity index is 0.00000364. The summed E-state index contributed by atoms with van der Waals surface area (Å²) in [7, 11) is 1.56. The Morgan fingerprint density at radius 2 is 2.07 bits per heavy atom. The van der Waals surface area contributed by atoms with Crippen molar-refractivity contribution in [1.82, 2.24) is 15.6 Å². The van der Waals surface area contributed by atoms with Gasteiger partial charge in [0, 0.05) is 25.4 Å². The van der Waals surface area contributed by atoms with Crippen molar-refractivity contribution >= 4 is 47.2 Å². The molecule has 1 heterocycles. The summed E-state index contributed by atoms with van der Waals surface area (Å²) in [6.07, 6.45) is 0.687. The van der Waals surface area contributed by atoms with Crippen molar-refractivity contribution in [3.8, 4) is 0 Å². The summed E-state index contributed by atoms with van der Waals surface area (Å²) in [6, 6.07) is 0. The lowest BCUT2D eigenvalue weighted by molar-refractivity contribution is -0.148. The fraction of sp³-hybridized carbons (Fsp3) is 0.688. The maximum atomic E-state index is 12.5. The third-order valence-electron chi connectivity index (χ3n) is 3.92. The van der Waals surface area contributed by atoms with Crippen LogP contribution in [0.25, 0.3) is 0 Å². The molecule has 0 saturated heterocycles. The van der Waals surface area contributed by atoms with E-state index in [1.54, 1.807) is 7.05 Å². The molecule has 27 heavy (non-hydrogen) atoms. The van der Waals surface area contributed by atoms with E-state index >= 15 is 0 Å². The van der Waals surface area contributed by atoms with Crippen molar-refractivity contribution in [3.05, 3.63) is 16.1 Å². The van der Waals surface area contributed by atoms with Gasteiger partial charge in [-0.1, -0.05) is 0 Å². The van der Waals surface area contributed by atoms with Gasteiger partial charge < -0.3 is 15.4 Å². The molecule has 1 saturated carbocycles. The number of hydrogen-bond donors (Lipinski definition) is 2. The number of rotatable bonds is 7. The number of ether oxygens (including phenoxy) is 1. The number of nitrogens with zero attached hydrogens (tertiary/aromatic N) is 2. The van der Waals surface area contributed by atoms with E-state index in [9.17, 15) is 18.0 Å². The van der Waals surface area contributed by atoms with Gasteiger partial charge in [-0.15, -0.1) is 35.3 Å². The Kier molecular flexibility index (Phi) is 10.3. The molecular weight excluding hydrogens is 496 g/mol. The van der Waals surface area contributed by atoms with Crippen molar-refractivity contribution in [2.75, 3.05) is 13.6 Å². The number of thiazole rings is 1. The number of aliphatic imine (C=N–C) groups is 1. The highest BCUT2D eigenvalue weighted by Gasteiger charge is 2.33. The van der Waals surface area contributed by atoms with Gasteiger partial charge in [0.2, 0.25) is 0 Å². The molecule has 0 amide bonds. The molecular formula is C16H24F3IN4O2S. The third-order valence-corrected chi connectivity index (χ3v) is 4.77. The van der Waals surface area contributed by atoms with Crippen LogP contribution in [-0.2, 0) is 22.3 Å². The average molecular weight is 520 g/mol. The molecule has 0 unspecified atom stereocenters. The standard InChI is InChI=1S/C16H23F3N4O2S.HI/c1-20-15(22-9-13-23-12(10-26-13)16(17,18)19)21-8-4-7-14(24)25-11-5-2-3-6-11;/h10-11H,2-9H2,1H3,(H2,20,21,22);1H. The molecule has 0 radical (unpaired) electrons. The van der Waals surface area contributed by atoms with Gasteiger partial charge in [-0.25, -0.2) is 4.98 Å². The Hall–Kier alpha value is -1.11. The van der Waals surface area contributed by atoms with Crippen molar-refractivity contribution in [2.24, 2.45) is 4.99 Å². The lowest BCUT2D eigenvalue weighted by Crippen LogP contribution is -2.37. The maximum absolute atomic E-state index is 12.5. The van der Waals surface area contributed by atoms with Crippen LogP contribution in [0.5, 0.6) is 0 Å². The molecule has 0 spiro atoms. The third kappa shape index (κ3) is 8.62. The van der Waals surface area contributed by atoms with E-state index in [0.29, 0.717) is 30.4 Å². The molecule has 1 aromatic rings. The largest absolute Gasteiger partial charge is 0.462 e. The minimum Gasteiger partial charge on any atom is -0.462 e. The van der Waals surface area contributed by atoms with Crippen LogP contribution in [-0.4, -0.2) is 36.6 Å².